The van der Waals surface area contributed by atoms with Crippen LogP contribution in [-0.4, -0.2) is 40.1 Å². The van der Waals surface area contributed by atoms with Gasteiger partial charge in [-0.05, 0) is 0 Å². The van der Waals surface area contributed by atoms with Crippen molar-refractivity contribution in [2.24, 2.45) is 5.16 Å². The minimum absolute atomic E-state index is 0.0157. The highest BCUT2D eigenvalue weighted by Crippen LogP contribution is 2.03. The maximum atomic E-state index is 10.9. The molecule has 90 valence electrons. The van der Waals surface area contributed by atoms with Crippen molar-refractivity contribution in [2.45, 2.75) is 0 Å². The number of rotatable bonds is 5. The normalized spacial score (nSPS) is 10.9. The van der Waals surface area contributed by atoms with Crippen molar-refractivity contribution in [3.63, 3.8) is 0 Å². The molecule has 0 bridgehead atoms. The molecular weight excluding hydrogens is 220 g/mol. The molecule has 1 aromatic carbocycles. The molecule has 0 aromatic heterocycles. The first-order valence-corrected chi connectivity index (χ1v) is 5.04. The number of benzene rings is 1. The maximum Gasteiger partial charge on any atom is 0.407 e. The van der Waals surface area contributed by atoms with Gasteiger partial charge in [0.25, 0.3) is 0 Å². The molecule has 0 unspecified atom stereocenters. The number of nitrogens with zero attached hydrogens (tertiary/aromatic N) is 2. The van der Waals surface area contributed by atoms with Crippen molar-refractivity contribution in [3.05, 3.63) is 48.6 Å². The van der Waals surface area contributed by atoms with E-state index in [0.717, 1.165) is 4.90 Å². The Morgan fingerprint density at radius 3 is 2.53 bits per heavy atom. The molecule has 5 heteroatoms. The van der Waals surface area contributed by atoms with Gasteiger partial charge in [-0.2, -0.15) is 0 Å². The fourth-order valence-electron chi connectivity index (χ4n) is 1.36. The maximum absolute atomic E-state index is 10.9. The molecular formula is C12H14N2O3. The van der Waals surface area contributed by atoms with Crippen LogP contribution in [0.25, 0.3) is 0 Å². The summed E-state index contributed by atoms with van der Waals surface area (Å²) in [4.78, 5) is 12.0. The zero-order chi connectivity index (χ0) is 12.7. The summed E-state index contributed by atoms with van der Waals surface area (Å²) < 4.78 is 0. The summed E-state index contributed by atoms with van der Waals surface area (Å²) in [6, 6.07) is 8.92. The largest absolute Gasteiger partial charge is 0.465 e. The molecule has 1 rings (SSSR count). The summed E-state index contributed by atoms with van der Waals surface area (Å²) in [6.07, 6.45) is 0.399. The quantitative estimate of drug-likeness (QED) is 0.354. The molecule has 0 spiro atoms. The zero-order valence-electron chi connectivity index (χ0n) is 9.28. The minimum atomic E-state index is -1.08. The Labute approximate surface area is 99.3 Å². The molecule has 0 saturated heterocycles. The van der Waals surface area contributed by atoms with Gasteiger partial charge in [0.15, 0.2) is 0 Å². The topological polar surface area (TPSA) is 73.1 Å². The van der Waals surface area contributed by atoms with Crippen molar-refractivity contribution < 1.29 is 15.1 Å². The second kappa shape index (κ2) is 6.32. The Balaban J connectivity index is 2.83. The molecule has 0 fully saturated rings. The summed E-state index contributed by atoms with van der Waals surface area (Å²) in [5.41, 5.74) is 0.986. The molecule has 1 amide bonds. The number of carbonyl (C=O) groups is 1. The fourth-order valence-corrected chi connectivity index (χ4v) is 1.36. The van der Waals surface area contributed by atoms with Crippen LogP contribution in [0.3, 0.4) is 0 Å². The molecule has 0 saturated carbocycles. The van der Waals surface area contributed by atoms with E-state index in [1.807, 2.05) is 6.07 Å². The van der Waals surface area contributed by atoms with E-state index in [4.69, 9.17) is 10.3 Å². The molecule has 17 heavy (non-hydrogen) atoms. The van der Waals surface area contributed by atoms with Gasteiger partial charge in [0.05, 0.1) is 6.54 Å². The molecule has 5 nitrogen and oxygen atoms in total. The Morgan fingerprint density at radius 1 is 1.41 bits per heavy atom. The molecule has 1 aromatic rings. The first-order valence-electron chi connectivity index (χ1n) is 5.04. The Hall–Kier alpha value is -2.30. The summed E-state index contributed by atoms with van der Waals surface area (Å²) in [5, 5.41) is 21.0. The Bertz CT molecular complexity index is 415. The third-order valence-corrected chi connectivity index (χ3v) is 2.19. The first kappa shape index (κ1) is 12.8. The van der Waals surface area contributed by atoms with E-state index in [9.17, 15) is 4.79 Å². The van der Waals surface area contributed by atoms with Gasteiger partial charge in [-0.15, -0.1) is 6.58 Å². The van der Waals surface area contributed by atoms with Gasteiger partial charge in [0.2, 0.25) is 0 Å². The van der Waals surface area contributed by atoms with E-state index in [1.165, 1.54) is 6.08 Å². The van der Waals surface area contributed by atoms with Crippen LogP contribution < -0.4 is 0 Å². The van der Waals surface area contributed by atoms with Crippen molar-refractivity contribution in [1.29, 1.82) is 0 Å². The van der Waals surface area contributed by atoms with Crippen LogP contribution in [0.2, 0.25) is 0 Å². The van der Waals surface area contributed by atoms with Crippen LogP contribution in [0.5, 0.6) is 0 Å². The lowest BCUT2D eigenvalue weighted by Crippen LogP contribution is -2.35. The SMILES string of the molecule is C=CCN(C/C(=N/O)c1ccccc1)C(=O)O. The predicted molar refractivity (Wildman–Crippen MR) is 64.6 cm³/mol. The zero-order valence-corrected chi connectivity index (χ0v) is 9.28. The summed E-state index contributed by atoms with van der Waals surface area (Å²) >= 11 is 0. The number of amides is 1. The van der Waals surface area contributed by atoms with E-state index >= 15 is 0 Å². The first-order chi connectivity index (χ1) is 8.19. The highest BCUT2D eigenvalue weighted by Gasteiger charge is 2.14. The summed E-state index contributed by atoms with van der Waals surface area (Å²) in [7, 11) is 0. The molecule has 0 heterocycles. The fraction of sp³-hybridized carbons (Fsp3) is 0.167. The predicted octanol–water partition coefficient (Wildman–Crippen LogP) is 2.03. The molecule has 0 atom stereocenters. The lowest BCUT2D eigenvalue weighted by Gasteiger charge is -2.17. The molecule has 2 N–H and O–H groups in total. The van der Waals surface area contributed by atoms with Crippen molar-refractivity contribution >= 4 is 11.8 Å². The van der Waals surface area contributed by atoms with Crippen LogP contribution in [0, 0.1) is 0 Å². The Morgan fingerprint density at radius 2 is 2.06 bits per heavy atom. The lowest BCUT2D eigenvalue weighted by molar-refractivity contribution is 0.156. The smallest absolute Gasteiger partial charge is 0.407 e. The molecule has 0 aliphatic carbocycles. The summed E-state index contributed by atoms with van der Waals surface area (Å²) in [6.45, 7) is 3.68. The van der Waals surface area contributed by atoms with Crippen molar-refractivity contribution in [2.75, 3.05) is 13.1 Å². The number of hydrogen-bond acceptors (Lipinski definition) is 3. The third kappa shape index (κ3) is 3.64. The van der Waals surface area contributed by atoms with E-state index in [2.05, 4.69) is 11.7 Å². The molecule has 0 aliphatic rings. The number of carboxylic acid groups (broad SMARTS) is 1. The Kier molecular flexibility index (Phi) is 4.75. The highest BCUT2D eigenvalue weighted by atomic mass is 16.4. The van der Waals surface area contributed by atoms with Gasteiger partial charge in [-0.1, -0.05) is 41.6 Å². The molecule has 0 radical (unpaired) electrons. The third-order valence-electron chi connectivity index (χ3n) is 2.19. The standard InChI is InChI=1S/C12H14N2O3/c1-2-8-14(12(15)16)9-11(13-17)10-6-4-3-5-7-10/h2-7,17H,1,8-9H2,(H,15,16)/b13-11-. The van der Waals surface area contributed by atoms with E-state index < -0.39 is 6.09 Å². The van der Waals surface area contributed by atoms with E-state index in [-0.39, 0.29) is 13.1 Å². The average Bonchev–Trinajstić information content (AvgIpc) is 2.35. The van der Waals surface area contributed by atoms with Crippen LogP contribution >= 0.6 is 0 Å². The second-order valence-electron chi connectivity index (χ2n) is 3.36. The van der Waals surface area contributed by atoms with E-state index in [1.54, 1.807) is 24.3 Å². The van der Waals surface area contributed by atoms with Gasteiger partial charge in [0, 0.05) is 12.1 Å². The van der Waals surface area contributed by atoms with Gasteiger partial charge < -0.3 is 10.3 Å². The van der Waals surface area contributed by atoms with Crippen LogP contribution in [0.4, 0.5) is 4.79 Å². The number of hydrogen-bond donors (Lipinski definition) is 2. The van der Waals surface area contributed by atoms with Crippen LogP contribution in [0.15, 0.2) is 48.1 Å². The van der Waals surface area contributed by atoms with Gasteiger partial charge in [0.1, 0.15) is 5.71 Å². The van der Waals surface area contributed by atoms with Gasteiger partial charge in [-0.25, -0.2) is 4.79 Å². The lowest BCUT2D eigenvalue weighted by atomic mass is 10.1. The minimum Gasteiger partial charge on any atom is -0.465 e. The van der Waals surface area contributed by atoms with Crippen molar-refractivity contribution in [1.82, 2.24) is 4.90 Å². The van der Waals surface area contributed by atoms with Crippen LogP contribution in [0.1, 0.15) is 5.56 Å². The molecule has 0 aliphatic heterocycles. The van der Waals surface area contributed by atoms with E-state index in [0.29, 0.717) is 11.3 Å². The van der Waals surface area contributed by atoms with Crippen molar-refractivity contribution in [3.8, 4) is 0 Å². The van der Waals surface area contributed by atoms with Crippen LogP contribution in [-0.2, 0) is 0 Å². The van der Waals surface area contributed by atoms with Gasteiger partial charge >= 0.3 is 6.09 Å². The second-order valence-corrected chi connectivity index (χ2v) is 3.36. The van der Waals surface area contributed by atoms with Gasteiger partial charge in [-0.3, -0.25) is 4.90 Å². The average molecular weight is 234 g/mol. The summed E-state index contributed by atoms with van der Waals surface area (Å²) in [5.74, 6) is 0. The monoisotopic (exact) mass is 234 g/mol. The number of oxime groups is 1. The highest BCUT2D eigenvalue weighted by molar-refractivity contribution is 6.02.